The van der Waals surface area contributed by atoms with Crippen molar-refractivity contribution in [1.82, 2.24) is 19.9 Å². The van der Waals surface area contributed by atoms with Crippen LogP contribution >= 0.6 is 0 Å². The summed E-state index contributed by atoms with van der Waals surface area (Å²) in [6.45, 7) is 6.66. The molecule has 0 aromatic carbocycles. The molecule has 0 spiro atoms. The summed E-state index contributed by atoms with van der Waals surface area (Å²) in [5.41, 5.74) is 0.721. The summed E-state index contributed by atoms with van der Waals surface area (Å²) in [6.07, 6.45) is 4.79. The van der Waals surface area contributed by atoms with Crippen molar-refractivity contribution in [3.63, 3.8) is 0 Å². The fraction of sp³-hybridized carbons (Fsp3) is 0.467. The van der Waals surface area contributed by atoms with Crippen molar-refractivity contribution < 1.29 is 9.21 Å². The van der Waals surface area contributed by atoms with Gasteiger partial charge in [0, 0.05) is 38.6 Å². The van der Waals surface area contributed by atoms with E-state index in [1.54, 1.807) is 23.4 Å². The number of rotatable bonds is 3. The monoisotopic (exact) mass is 301 g/mol. The number of amides is 1. The van der Waals surface area contributed by atoms with Gasteiger partial charge in [-0.25, -0.2) is 15.0 Å². The molecule has 0 radical (unpaired) electrons. The summed E-state index contributed by atoms with van der Waals surface area (Å²) in [7, 11) is 0. The van der Waals surface area contributed by atoms with E-state index >= 15 is 0 Å². The van der Waals surface area contributed by atoms with Crippen molar-refractivity contribution in [3.05, 3.63) is 36.3 Å². The minimum atomic E-state index is -0.0881. The third kappa shape index (κ3) is 2.79. The molecule has 0 saturated carbocycles. The Morgan fingerprint density at radius 2 is 1.82 bits per heavy atom. The molecule has 22 heavy (non-hydrogen) atoms. The third-order valence-electron chi connectivity index (χ3n) is 3.74. The van der Waals surface area contributed by atoms with E-state index in [0.717, 1.165) is 5.69 Å². The van der Waals surface area contributed by atoms with Gasteiger partial charge in [-0.15, -0.1) is 0 Å². The van der Waals surface area contributed by atoms with Gasteiger partial charge in [-0.05, 0) is 12.0 Å². The number of hydrogen-bond acceptors (Lipinski definition) is 6. The van der Waals surface area contributed by atoms with Crippen LogP contribution in [-0.4, -0.2) is 51.9 Å². The Bertz CT molecular complexity index is 632. The second kappa shape index (κ2) is 6.13. The molecule has 1 saturated heterocycles. The molecule has 1 fully saturated rings. The molecule has 0 aliphatic carbocycles. The van der Waals surface area contributed by atoms with Gasteiger partial charge in [0.15, 0.2) is 6.39 Å². The van der Waals surface area contributed by atoms with Gasteiger partial charge >= 0.3 is 0 Å². The van der Waals surface area contributed by atoms with Gasteiger partial charge in [-0.2, -0.15) is 0 Å². The Kier molecular flexibility index (Phi) is 4.04. The zero-order valence-corrected chi connectivity index (χ0v) is 12.8. The molecular formula is C15H19N5O2. The highest BCUT2D eigenvalue weighted by molar-refractivity contribution is 5.92. The molecule has 116 valence electrons. The van der Waals surface area contributed by atoms with E-state index in [1.165, 1.54) is 6.39 Å². The molecule has 2 aromatic heterocycles. The summed E-state index contributed by atoms with van der Waals surface area (Å²) in [5.74, 6) is 1.14. The standard InChI is InChI=1S/C15H19N5O2/c1-11(2)12-13(22-10-18-12)14(21)19-6-8-20(9-7-19)15-16-4-3-5-17-15/h3-5,10-11H,6-9H2,1-2H3. The Morgan fingerprint density at radius 1 is 1.14 bits per heavy atom. The predicted molar refractivity (Wildman–Crippen MR) is 80.7 cm³/mol. The number of anilines is 1. The number of aromatic nitrogens is 3. The maximum Gasteiger partial charge on any atom is 0.291 e. The maximum atomic E-state index is 12.6. The minimum absolute atomic E-state index is 0.0881. The van der Waals surface area contributed by atoms with Crippen LogP contribution < -0.4 is 4.90 Å². The van der Waals surface area contributed by atoms with E-state index in [1.807, 2.05) is 13.8 Å². The van der Waals surface area contributed by atoms with Gasteiger partial charge in [-0.1, -0.05) is 13.8 Å². The molecule has 7 heteroatoms. The van der Waals surface area contributed by atoms with Gasteiger partial charge in [0.2, 0.25) is 11.7 Å². The first-order chi connectivity index (χ1) is 10.7. The number of carbonyl (C=O) groups is 1. The van der Waals surface area contributed by atoms with Crippen LogP contribution in [0.2, 0.25) is 0 Å². The Balaban J connectivity index is 1.66. The number of oxazole rings is 1. The molecule has 7 nitrogen and oxygen atoms in total. The molecular weight excluding hydrogens is 282 g/mol. The van der Waals surface area contributed by atoms with E-state index in [-0.39, 0.29) is 11.8 Å². The quantitative estimate of drug-likeness (QED) is 0.856. The molecule has 3 rings (SSSR count). The Labute approximate surface area is 129 Å². The highest BCUT2D eigenvalue weighted by atomic mass is 16.3. The lowest BCUT2D eigenvalue weighted by Gasteiger charge is -2.34. The van der Waals surface area contributed by atoms with Gasteiger partial charge in [0.25, 0.3) is 5.91 Å². The van der Waals surface area contributed by atoms with E-state index in [9.17, 15) is 4.79 Å². The molecule has 0 unspecified atom stereocenters. The minimum Gasteiger partial charge on any atom is -0.438 e. The summed E-state index contributed by atoms with van der Waals surface area (Å²) < 4.78 is 5.31. The average molecular weight is 301 g/mol. The second-order valence-electron chi connectivity index (χ2n) is 5.55. The average Bonchev–Trinajstić information content (AvgIpc) is 3.05. The highest BCUT2D eigenvalue weighted by Crippen LogP contribution is 2.20. The van der Waals surface area contributed by atoms with Crippen molar-refractivity contribution in [1.29, 1.82) is 0 Å². The SMILES string of the molecule is CC(C)c1ncoc1C(=O)N1CCN(c2ncccn2)CC1. The fourth-order valence-electron chi connectivity index (χ4n) is 2.53. The molecule has 0 N–H and O–H groups in total. The first-order valence-electron chi connectivity index (χ1n) is 7.41. The highest BCUT2D eigenvalue weighted by Gasteiger charge is 2.28. The lowest BCUT2D eigenvalue weighted by atomic mass is 10.1. The van der Waals surface area contributed by atoms with Crippen molar-refractivity contribution in [2.45, 2.75) is 19.8 Å². The summed E-state index contributed by atoms with van der Waals surface area (Å²) in [4.78, 5) is 29.1. The zero-order chi connectivity index (χ0) is 15.5. The van der Waals surface area contributed by atoms with Gasteiger partial charge < -0.3 is 14.2 Å². The topological polar surface area (TPSA) is 75.4 Å². The molecule has 1 amide bonds. The number of carbonyl (C=O) groups excluding carboxylic acids is 1. The summed E-state index contributed by atoms with van der Waals surface area (Å²) >= 11 is 0. The van der Waals surface area contributed by atoms with Crippen LogP contribution in [0.15, 0.2) is 29.3 Å². The molecule has 1 aliphatic heterocycles. The van der Waals surface area contributed by atoms with Crippen molar-refractivity contribution >= 4 is 11.9 Å². The van der Waals surface area contributed by atoms with E-state index < -0.39 is 0 Å². The number of hydrogen-bond donors (Lipinski definition) is 0. The first-order valence-corrected chi connectivity index (χ1v) is 7.41. The van der Waals surface area contributed by atoms with Crippen LogP contribution in [0.4, 0.5) is 5.95 Å². The zero-order valence-electron chi connectivity index (χ0n) is 12.8. The number of piperazine rings is 1. The third-order valence-corrected chi connectivity index (χ3v) is 3.74. The largest absolute Gasteiger partial charge is 0.438 e. The first kappa shape index (κ1) is 14.5. The van der Waals surface area contributed by atoms with E-state index in [0.29, 0.717) is 37.9 Å². The molecule has 0 bridgehead atoms. The second-order valence-corrected chi connectivity index (χ2v) is 5.55. The lowest BCUT2D eigenvalue weighted by molar-refractivity contribution is 0.0712. The molecule has 0 atom stereocenters. The Morgan fingerprint density at radius 3 is 2.45 bits per heavy atom. The number of nitrogens with zero attached hydrogens (tertiary/aromatic N) is 5. The van der Waals surface area contributed by atoms with E-state index in [4.69, 9.17) is 4.42 Å². The van der Waals surface area contributed by atoms with Crippen LogP contribution in [0.1, 0.15) is 36.0 Å². The molecule has 2 aromatic rings. The van der Waals surface area contributed by atoms with Gasteiger partial charge in [-0.3, -0.25) is 4.79 Å². The van der Waals surface area contributed by atoms with E-state index in [2.05, 4.69) is 19.9 Å². The van der Waals surface area contributed by atoms with Crippen LogP contribution in [-0.2, 0) is 0 Å². The van der Waals surface area contributed by atoms with Crippen LogP contribution in [0.5, 0.6) is 0 Å². The Hall–Kier alpha value is -2.44. The smallest absolute Gasteiger partial charge is 0.291 e. The van der Waals surface area contributed by atoms with Crippen molar-refractivity contribution in [3.8, 4) is 0 Å². The maximum absolute atomic E-state index is 12.6. The van der Waals surface area contributed by atoms with Gasteiger partial charge in [0.05, 0.1) is 5.69 Å². The van der Waals surface area contributed by atoms with Gasteiger partial charge in [0.1, 0.15) is 0 Å². The summed E-state index contributed by atoms with van der Waals surface area (Å²) in [5, 5.41) is 0. The normalized spacial score (nSPS) is 15.4. The molecule has 1 aliphatic rings. The fourth-order valence-corrected chi connectivity index (χ4v) is 2.53. The lowest BCUT2D eigenvalue weighted by Crippen LogP contribution is -2.49. The molecule has 3 heterocycles. The van der Waals surface area contributed by atoms with Crippen molar-refractivity contribution in [2.24, 2.45) is 0 Å². The van der Waals surface area contributed by atoms with Crippen LogP contribution in [0.3, 0.4) is 0 Å². The van der Waals surface area contributed by atoms with Crippen molar-refractivity contribution in [2.75, 3.05) is 31.1 Å². The van der Waals surface area contributed by atoms with Crippen LogP contribution in [0.25, 0.3) is 0 Å². The summed E-state index contributed by atoms with van der Waals surface area (Å²) in [6, 6.07) is 1.79. The van der Waals surface area contributed by atoms with Crippen LogP contribution in [0, 0.1) is 0 Å². The predicted octanol–water partition coefficient (Wildman–Crippen LogP) is 1.55.